The molecule has 0 spiro atoms. The molecule has 69 heavy (non-hydrogen) atoms. The number of aliphatic imine (C=N–C) groups is 2. The van der Waals surface area contributed by atoms with Crippen molar-refractivity contribution in [3.8, 4) is 44.5 Å². The van der Waals surface area contributed by atoms with Gasteiger partial charge in [0.25, 0.3) is 0 Å². The molecule has 2 unspecified atom stereocenters. The van der Waals surface area contributed by atoms with Crippen LogP contribution in [-0.4, -0.2) is 11.7 Å². The number of hydrogen-bond acceptors (Lipinski definition) is 2. The van der Waals surface area contributed by atoms with E-state index in [0.29, 0.717) is 0 Å². The minimum Gasteiger partial charge on any atom is -0.272 e. The third kappa shape index (κ3) is 6.86. The zero-order chi connectivity index (χ0) is 45.7. The summed E-state index contributed by atoms with van der Waals surface area (Å²) >= 11 is 0. The first-order chi connectivity index (χ1) is 34.2. The second-order valence-corrected chi connectivity index (χ2v) is 18.2. The minimum absolute atomic E-state index is 0.173. The van der Waals surface area contributed by atoms with Crippen molar-refractivity contribution in [3.05, 3.63) is 300 Å². The fourth-order valence-corrected chi connectivity index (χ4v) is 11.1. The molecule has 0 radical (unpaired) electrons. The molecule has 11 aromatic carbocycles. The average Bonchev–Trinajstić information content (AvgIpc) is 3.75. The Hall–Kier alpha value is -8.76. The largest absolute Gasteiger partial charge is 0.272 e. The van der Waals surface area contributed by atoms with Gasteiger partial charge in [-0.1, -0.05) is 249 Å². The fraction of sp³-hybridized carbons (Fsp3) is 0.0303. The maximum atomic E-state index is 5.28. The number of nitrogens with two attached hydrogens (primary N) is 1. The summed E-state index contributed by atoms with van der Waals surface area (Å²) in [7, 11) is 0. The number of amidine groups is 2. The molecule has 0 saturated carbocycles. The van der Waals surface area contributed by atoms with Gasteiger partial charge in [0.2, 0.25) is 12.0 Å². The van der Waals surface area contributed by atoms with Crippen LogP contribution in [0.15, 0.2) is 271 Å². The van der Waals surface area contributed by atoms with E-state index in [-0.39, 0.29) is 6.17 Å². The zero-order valence-electron chi connectivity index (χ0n) is 37.9. The maximum absolute atomic E-state index is 5.28. The van der Waals surface area contributed by atoms with Crippen molar-refractivity contribution in [1.29, 1.82) is 0 Å². The lowest BCUT2D eigenvalue weighted by Crippen LogP contribution is -2.90. The lowest BCUT2D eigenvalue weighted by atomic mass is 9.67. The van der Waals surface area contributed by atoms with E-state index in [1.807, 2.05) is 0 Å². The molecule has 0 aromatic heterocycles. The molecule has 1 heterocycles. The topological polar surface area (TPSA) is 41.3 Å². The van der Waals surface area contributed by atoms with Crippen molar-refractivity contribution < 1.29 is 5.32 Å². The van der Waals surface area contributed by atoms with Crippen LogP contribution in [0.4, 0.5) is 0 Å². The summed E-state index contributed by atoms with van der Waals surface area (Å²) in [6, 6.07) is 94.9. The predicted molar refractivity (Wildman–Crippen MR) is 286 cm³/mol. The van der Waals surface area contributed by atoms with Gasteiger partial charge >= 0.3 is 0 Å². The Morgan fingerprint density at radius 2 is 0.913 bits per heavy atom. The molecule has 11 aromatic rings. The first-order valence-corrected chi connectivity index (χ1v) is 23.8. The van der Waals surface area contributed by atoms with Crippen LogP contribution in [-0.2, 0) is 5.41 Å². The van der Waals surface area contributed by atoms with Crippen molar-refractivity contribution in [2.45, 2.75) is 11.6 Å². The smallest absolute Gasteiger partial charge is 0.235 e. The van der Waals surface area contributed by atoms with Crippen LogP contribution in [0.3, 0.4) is 0 Å². The maximum Gasteiger partial charge on any atom is 0.235 e. The third-order valence-corrected chi connectivity index (χ3v) is 14.3. The van der Waals surface area contributed by atoms with Crippen molar-refractivity contribution in [2.24, 2.45) is 9.98 Å². The zero-order valence-corrected chi connectivity index (χ0v) is 37.9. The van der Waals surface area contributed by atoms with Gasteiger partial charge in [0, 0.05) is 11.1 Å². The Morgan fingerprint density at radius 3 is 1.67 bits per heavy atom. The van der Waals surface area contributed by atoms with Crippen LogP contribution >= 0.6 is 0 Å². The summed E-state index contributed by atoms with van der Waals surface area (Å²) in [5.41, 5.74) is 17.5. The molecule has 13 rings (SSSR count). The highest BCUT2D eigenvalue weighted by Gasteiger charge is 2.46. The second-order valence-electron chi connectivity index (χ2n) is 18.2. The fourth-order valence-electron chi connectivity index (χ4n) is 11.1. The van der Waals surface area contributed by atoms with Crippen LogP contribution in [0.2, 0.25) is 0 Å². The minimum atomic E-state index is -0.496. The van der Waals surface area contributed by atoms with E-state index < -0.39 is 5.41 Å². The van der Waals surface area contributed by atoms with Gasteiger partial charge in [-0.05, 0) is 100 Å². The molecule has 2 aliphatic rings. The van der Waals surface area contributed by atoms with Crippen LogP contribution in [0, 0.1) is 0 Å². The molecule has 0 fully saturated rings. The number of hydrogen-bond donors (Lipinski definition) is 1. The van der Waals surface area contributed by atoms with Gasteiger partial charge in [-0.25, -0.2) is 4.99 Å². The Bertz CT molecular complexity index is 3780. The van der Waals surface area contributed by atoms with Crippen LogP contribution in [0.25, 0.3) is 66.1 Å². The normalized spacial score (nSPS) is 16.1. The molecule has 3 heteroatoms. The average molecular weight is 881 g/mol. The molecule has 0 saturated heterocycles. The van der Waals surface area contributed by atoms with Crippen LogP contribution in [0.5, 0.6) is 0 Å². The van der Waals surface area contributed by atoms with Gasteiger partial charge in [-0.15, -0.1) is 0 Å². The molecular formula is C66H46N3+. The Labute approximate surface area is 402 Å². The van der Waals surface area contributed by atoms with Crippen molar-refractivity contribution >= 4 is 33.2 Å². The standard InChI is InChI=1S/C66H45N3/c1-4-17-44(18-5-1)51-23-16-24-52(43-51)65-68-63(49-21-6-2-7-22-49)67-64(69-65)50-33-31-48(32-34-50)61-55-27-12-10-19-45(55)37-41-57(61)47-35-39-54(40-36-47)66(53-25-8-3-9-26-53)59-30-15-14-29-58(59)62-56-28-13-11-20-46(56)38-42-60(62)66/h1-43,63H,(H,67,68,69)/p+1. The molecule has 1 aliphatic heterocycles. The Morgan fingerprint density at radius 1 is 0.348 bits per heavy atom. The predicted octanol–water partition coefficient (Wildman–Crippen LogP) is 14.8. The summed E-state index contributed by atoms with van der Waals surface area (Å²) < 4.78 is 0. The van der Waals surface area contributed by atoms with Gasteiger partial charge in [-0.2, -0.15) is 4.99 Å². The van der Waals surface area contributed by atoms with E-state index in [0.717, 1.165) is 39.5 Å². The van der Waals surface area contributed by atoms with E-state index in [1.54, 1.807) is 0 Å². The van der Waals surface area contributed by atoms with Crippen LogP contribution in [0.1, 0.15) is 45.1 Å². The first-order valence-electron chi connectivity index (χ1n) is 23.8. The van der Waals surface area contributed by atoms with Crippen molar-refractivity contribution in [1.82, 2.24) is 0 Å². The lowest BCUT2D eigenvalue weighted by Gasteiger charge is -2.34. The number of fused-ring (bicyclic) bond motifs is 6. The number of quaternary nitrogens is 1. The third-order valence-electron chi connectivity index (χ3n) is 14.3. The highest BCUT2D eigenvalue weighted by Crippen LogP contribution is 2.58. The summed E-state index contributed by atoms with van der Waals surface area (Å²) in [6.07, 6.45) is -0.173. The van der Waals surface area contributed by atoms with E-state index in [9.17, 15) is 0 Å². The summed E-state index contributed by atoms with van der Waals surface area (Å²) in [4.78, 5) is 10.6. The molecular weight excluding hydrogens is 835 g/mol. The molecule has 3 nitrogen and oxygen atoms in total. The van der Waals surface area contributed by atoms with E-state index in [1.165, 1.54) is 77.2 Å². The second kappa shape index (κ2) is 16.8. The summed E-state index contributed by atoms with van der Waals surface area (Å²) in [5, 5.41) is 7.15. The molecule has 2 N–H and O–H groups in total. The molecule has 2 atom stereocenters. The monoisotopic (exact) mass is 880 g/mol. The highest BCUT2D eigenvalue weighted by atomic mass is 15.2. The van der Waals surface area contributed by atoms with Crippen molar-refractivity contribution in [2.75, 3.05) is 0 Å². The Kier molecular flexibility index (Phi) is 9.89. The van der Waals surface area contributed by atoms with Gasteiger partial charge in [0.15, 0.2) is 5.84 Å². The van der Waals surface area contributed by atoms with Gasteiger partial charge in [0.1, 0.15) is 0 Å². The van der Waals surface area contributed by atoms with Gasteiger partial charge < -0.3 is 0 Å². The molecule has 324 valence electrons. The number of rotatable bonds is 8. The SMILES string of the molecule is c1ccc(-c2cccc(C3=NC(c4ccc(-c5c(-c6ccc(C7(c8ccccc8)c8ccccc8-c8c7ccc7ccccc87)cc6)ccc6ccccc56)cc4)=NC(c4ccccc4)[NH2+]3)c2)cc1. The molecule has 1 aliphatic carbocycles. The van der Waals surface area contributed by atoms with E-state index in [2.05, 4.69) is 266 Å². The van der Waals surface area contributed by atoms with Gasteiger partial charge in [0.05, 0.1) is 11.0 Å². The summed E-state index contributed by atoms with van der Waals surface area (Å²) in [5.74, 6) is 1.64. The number of nitrogens with zero attached hydrogens (tertiary/aromatic N) is 2. The molecule has 0 amide bonds. The molecule has 0 bridgehead atoms. The van der Waals surface area contributed by atoms with E-state index >= 15 is 0 Å². The summed E-state index contributed by atoms with van der Waals surface area (Å²) in [6.45, 7) is 0. The first kappa shape index (κ1) is 40.5. The van der Waals surface area contributed by atoms with Crippen molar-refractivity contribution in [3.63, 3.8) is 0 Å². The lowest BCUT2D eigenvalue weighted by molar-refractivity contribution is -0.586. The Balaban J connectivity index is 0.915. The quantitative estimate of drug-likeness (QED) is 0.158. The number of benzene rings is 11. The highest BCUT2D eigenvalue weighted by molar-refractivity contribution is 6.11. The van der Waals surface area contributed by atoms with E-state index in [4.69, 9.17) is 9.98 Å². The van der Waals surface area contributed by atoms with Gasteiger partial charge in [-0.3, -0.25) is 5.32 Å². The van der Waals surface area contributed by atoms with Crippen LogP contribution < -0.4 is 5.32 Å².